The van der Waals surface area contributed by atoms with Crippen LogP contribution < -0.4 is 15.5 Å². The number of amides is 2. The van der Waals surface area contributed by atoms with Crippen LogP contribution in [0, 0.1) is 0 Å². The second kappa shape index (κ2) is 9.39. The summed E-state index contributed by atoms with van der Waals surface area (Å²) in [5.41, 5.74) is 3.74. The van der Waals surface area contributed by atoms with E-state index >= 15 is 0 Å². The molecule has 5 rings (SSSR count). The number of benzene rings is 2. The third-order valence-electron chi connectivity index (χ3n) is 6.36. The van der Waals surface area contributed by atoms with Gasteiger partial charge in [0.1, 0.15) is 5.76 Å². The quantitative estimate of drug-likeness (QED) is 0.456. The molecular weight excluding hydrogens is 450 g/mol. The monoisotopic (exact) mass is 475 g/mol. The number of urea groups is 1. The number of allylic oxidation sites excluding steroid dienone is 1. The Balaban J connectivity index is 1.69. The number of anilines is 2. The van der Waals surface area contributed by atoms with Crippen molar-refractivity contribution in [3.63, 3.8) is 0 Å². The lowest BCUT2D eigenvalue weighted by atomic mass is 9.80. The van der Waals surface area contributed by atoms with E-state index in [2.05, 4.69) is 10.6 Å². The van der Waals surface area contributed by atoms with Crippen molar-refractivity contribution in [1.29, 1.82) is 0 Å². The molecule has 0 fully saturated rings. The van der Waals surface area contributed by atoms with Crippen molar-refractivity contribution < 1.29 is 14.0 Å². The number of carbonyl (C=O) groups excluding carboxylic acids is 2. The number of fused-ring (bicyclic) bond motifs is 1. The zero-order valence-corrected chi connectivity index (χ0v) is 19.6. The first-order valence-corrected chi connectivity index (χ1v) is 11.9. The average Bonchev–Trinajstić information content (AvgIpc) is 3.33. The van der Waals surface area contributed by atoms with Gasteiger partial charge in [-0.3, -0.25) is 9.69 Å². The Morgan fingerprint density at radius 1 is 1.12 bits per heavy atom. The molecule has 0 unspecified atom stereocenters. The average molecular weight is 476 g/mol. The van der Waals surface area contributed by atoms with Crippen LogP contribution in [0.1, 0.15) is 49.5 Å². The standard InChI is InChI=1S/C27H26ClN3O3/c1-2-13-29-27(33)31-22-7-4-3-6-20(22)30-21-15-18(24-8-5-14-34-24)16-23(32)25(21)26(31)17-9-11-19(28)12-10-17/h3-12,14,18,26,30H,2,13,15-16H2,1H3,(H,29,33)/t18-,26+/m0/s1. The van der Waals surface area contributed by atoms with E-state index in [4.69, 9.17) is 16.0 Å². The largest absolute Gasteiger partial charge is 0.469 e. The van der Waals surface area contributed by atoms with Crippen LogP contribution in [0.2, 0.25) is 5.02 Å². The minimum Gasteiger partial charge on any atom is -0.469 e. The van der Waals surface area contributed by atoms with Crippen LogP contribution in [0.5, 0.6) is 0 Å². The molecule has 6 nitrogen and oxygen atoms in total. The summed E-state index contributed by atoms with van der Waals surface area (Å²) in [6.07, 6.45) is 3.37. The Morgan fingerprint density at radius 2 is 1.91 bits per heavy atom. The van der Waals surface area contributed by atoms with Gasteiger partial charge in [-0.15, -0.1) is 0 Å². The Bertz CT molecular complexity index is 1230. The van der Waals surface area contributed by atoms with Crippen molar-refractivity contribution in [3.05, 3.63) is 94.5 Å². The maximum atomic E-state index is 13.7. The molecule has 3 aromatic rings. The summed E-state index contributed by atoms with van der Waals surface area (Å²) >= 11 is 6.18. The van der Waals surface area contributed by atoms with Crippen LogP contribution in [0.3, 0.4) is 0 Å². The van der Waals surface area contributed by atoms with E-state index in [9.17, 15) is 9.59 Å². The highest BCUT2D eigenvalue weighted by atomic mass is 35.5. The van der Waals surface area contributed by atoms with Crippen LogP contribution >= 0.6 is 11.6 Å². The molecule has 34 heavy (non-hydrogen) atoms. The van der Waals surface area contributed by atoms with Crippen molar-refractivity contribution in [1.82, 2.24) is 5.32 Å². The van der Waals surface area contributed by atoms with Crippen LogP contribution in [0.25, 0.3) is 0 Å². The van der Waals surface area contributed by atoms with Crippen LogP contribution in [0.15, 0.2) is 82.6 Å². The third kappa shape index (κ3) is 4.10. The number of rotatable bonds is 4. The van der Waals surface area contributed by atoms with Crippen molar-refractivity contribution >= 4 is 34.8 Å². The molecule has 0 spiro atoms. The van der Waals surface area contributed by atoms with Gasteiger partial charge in [0.25, 0.3) is 0 Å². The fraction of sp³-hybridized carbons (Fsp3) is 0.259. The van der Waals surface area contributed by atoms with E-state index in [0.717, 1.165) is 29.1 Å². The Labute approximate surface area is 203 Å². The Morgan fingerprint density at radius 3 is 2.65 bits per heavy atom. The van der Waals surface area contributed by atoms with E-state index in [-0.39, 0.29) is 17.7 Å². The smallest absolute Gasteiger partial charge is 0.322 e. The number of nitrogens with zero attached hydrogens (tertiary/aromatic N) is 1. The minimum absolute atomic E-state index is 0.00352. The third-order valence-corrected chi connectivity index (χ3v) is 6.62. The fourth-order valence-electron chi connectivity index (χ4n) is 4.82. The van der Waals surface area contributed by atoms with Gasteiger partial charge in [-0.1, -0.05) is 42.8 Å². The lowest BCUT2D eigenvalue weighted by molar-refractivity contribution is -0.116. The highest BCUT2D eigenvalue weighted by Gasteiger charge is 2.42. The SMILES string of the molecule is CCCNC(=O)N1c2ccccc2NC2=C(C(=O)C[C@@H](c3ccco3)C2)[C@H]1c1ccc(Cl)cc1. The normalized spacial score (nSPS) is 19.7. The topological polar surface area (TPSA) is 74.6 Å². The van der Waals surface area contributed by atoms with Gasteiger partial charge in [-0.2, -0.15) is 0 Å². The number of Topliss-reactive ketones (excluding diaryl/α,β-unsaturated/α-hetero) is 1. The van der Waals surface area contributed by atoms with Gasteiger partial charge in [0, 0.05) is 35.2 Å². The van der Waals surface area contributed by atoms with Gasteiger partial charge in [0.05, 0.1) is 23.7 Å². The van der Waals surface area contributed by atoms with Crippen molar-refractivity contribution in [2.75, 3.05) is 16.8 Å². The van der Waals surface area contributed by atoms with Crippen LogP contribution in [0.4, 0.5) is 16.2 Å². The van der Waals surface area contributed by atoms with Gasteiger partial charge in [0.2, 0.25) is 0 Å². The molecule has 2 atom stereocenters. The zero-order valence-electron chi connectivity index (χ0n) is 18.9. The molecule has 0 radical (unpaired) electrons. The Kier molecular flexibility index (Phi) is 6.16. The van der Waals surface area contributed by atoms with Crippen molar-refractivity contribution in [3.8, 4) is 0 Å². The molecule has 1 aliphatic heterocycles. The summed E-state index contributed by atoms with van der Waals surface area (Å²) in [6, 6.07) is 17.9. The number of hydrogen-bond donors (Lipinski definition) is 2. The number of furan rings is 1. The van der Waals surface area contributed by atoms with Gasteiger partial charge in [-0.05, 0) is 54.8 Å². The zero-order chi connectivity index (χ0) is 23.7. The van der Waals surface area contributed by atoms with Gasteiger partial charge >= 0.3 is 6.03 Å². The summed E-state index contributed by atoms with van der Waals surface area (Å²) in [5, 5.41) is 7.11. The number of nitrogens with one attached hydrogen (secondary N) is 2. The molecule has 2 aliphatic rings. The molecule has 1 aromatic heterocycles. The molecule has 0 saturated heterocycles. The highest BCUT2D eigenvalue weighted by Crippen LogP contribution is 2.47. The molecule has 2 amide bonds. The maximum Gasteiger partial charge on any atom is 0.322 e. The first kappa shape index (κ1) is 22.3. The molecule has 2 N–H and O–H groups in total. The molecular formula is C27H26ClN3O3. The van der Waals surface area contributed by atoms with Gasteiger partial charge in [-0.25, -0.2) is 4.79 Å². The lowest BCUT2D eigenvalue weighted by Crippen LogP contribution is -2.44. The number of halogens is 1. The predicted molar refractivity (Wildman–Crippen MR) is 133 cm³/mol. The molecule has 0 bridgehead atoms. The summed E-state index contributed by atoms with van der Waals surface area (Å²) in [4.78, 5) is 29.0. The van der Waals surface area contributed by atoms with E-state index < -0.39 is 6.04 Å². The van der Waals surface area contributed by atoms with Crippen molar-refractivity contribution in [2.24, 2.45) is 0 Å². The molecule has 2 aromatic carbocycles. The fourth-order valence-corrected chi connectivity index (χ4v) is 4.94. The summed E-state index contributed by atoms with van der Waals surface area (Å²) in [6.45, 7) is 2.55. The van der Waals surface area contributed by atoms with Crippen LogP contribution in [-0.2, 0) is 4.79 Å². The minimum atomic E-state index is -0.592. The van der Waals surface area contributed by atoms with E-state index in [0.29, 0.717) is 35.7 Å². The van der Waals surface area contributed by atoms with Gasteiger partial charge < -0.3 is 15.1 Å². The molecule has 174 valence electrons. The number of ketones is 1. The first-order chi connectivity index (χ1) is 16.6. The Hall–Kier alpha value is -3.51. The molecule has 7 heteroatoms. The summed E-state index contributed by atoms with van der Waals surface area (Å²) in [5.74, 6) is 0.725. The van der Waals surface area contributed by atoms with E-state index in [1.54, 1.807) is 23.3 Å². The number of carbonyl (C=O) groups is 2. The predicted octanol–water partition coefficient (Wildman–Crippen LogP) is 6.43. The molecule has 0 saturated carbocycles. The maximum absolute atomic E-state index is 13.7. The number of para-hydroxylation sites is 2. The second-order valence-corrected chi connectivity index (χ2v) is 9.07. The van der Waals surface area contributed by atoms with Gasteiger partial charge in [0.15, 0.2) is 5.78 Å². The number of hydrogen-bond acceptors (Lipinski definition) is 4. The first-order valence-electron chi connectivity index (χ1n) is 11.5. The highest BCUT2D eigenvalue weighted by molar-refractivity contribution is 6.30. The molecule has 2 heterocycles. The van der Waals surface area contributed by atoms with E-state index in [1.165, 1.54) is 0 Å². The van der Waals surface area contributed by atoms with E-state index in [1.807, 2.05) is 55.5 Å². The van der Waals surface area contributed by atoms with Crippen LogP contribution in [-0.4, -0.2) is 18.4 Å². The lowest BCUT2D eigenvalue weighted by Gasteiger charge is -2.34. The second-order valence-electron chi connectivity index (χ2n) is 8.63. The summed E-state index contributed by atoms with van der Waals surface area (Å²) < 4.78 is 5.64. The molecule has 1 aliphatic carbocycles. The summed E-state index contributed by atoms with van der Waals surface area (Å²) in [7, 11) is 0. The van der Waals surface area contributed by atoms with Crippen molar-refractivity contribution in [2.45, 2.75) is 38.1 Å².